The van der Waals surface area contributed by atoms with E-state index in [1.165, 1.54) is 74.9 Å². The second-order valence-corrected chi connectivity index (χ2v) is 20.8. The summed E-state index contributed by atoms with van der Waals surface area (Å²) >= 11 is 0. The third-order valence-corrected chi connectivity index (χ3v) is 15.0. The highest BCUT2D eigenvalue weighted by molar-refractivity contribution is 8.72. The van der Waals surface area contributed by atoms with Crippen LogP contribution in [0.1, 0.15) is 0 Å². The fourth-order valence-electron chi connectivity index (χ4n) is 6.98. The number of hydrogen-bond donors (Lipinski definition) is 4. The number of para-hydroxylation sites is 2. The zero-order valence-corrected chi connectivity index (χ0v) is 37.9. The van der Waals surface area contributed by atoms with E-state index in [2.05, 4.69) is 31.1 Å². The molecule has 0 aliphatic heterocycles. The van der Waals surface area contributed by atoms with Gasteiger partial charge < -0.3 is 20.1 Å². The minimum absolute atomic E-state index is 0.0448. The number of nitrogens with one attached hydrogen (secondary N) is 2. The lowest BCUT2D eigenvalue weighted by atomic mass is 10.1. The lowest BCUT2D eigenvalue weighted by Gasteiger charge is -2.14. The van der Waals surface area contributed by atoms with Crippen LogP contribution in [-0.4, -0.2) is 48.6 Å². The maximum atomic E-state index is 14.0. The number of benzene rings is 8. The second-order valence-electron chi connectivity index (χ2n) is 14.2. The number of anilines is 4. The van der Waals surface area contributed by atoms with Gasteiger partial charge >= 0.3 is 0 Å². The first-order chi connectivity index (χ1) is 31.6. The highest BCUT2D eigenvalue weighted by atomic mass is 33.1. The highest BCUT2D eigenvalue weighted by Gasteiger charge is 2.23. The van der Waals surface area contributed by atoms with Crippen molar-refractivity contribution in [2.24, 2.45) is 20.5 Å². The van der Waals surface area contributed by atoms with Gasteiger partial charge in [0.2, 0.25) is 8.87 Å². The number of methoxy groups -OCH3 is 2. The van der Waals surface area contributed by atoms with Crippen LogP contribution in [0.15, 0.2) is 198 Å². The maximum Gasteiger partial charge on any atom is 0.295 e. The summed E-state index contributed by atoms with van der Waals surface area (Å²) in [6, 6.07) is 41.8. The summed E-state index contributed by atoms with van der Waals surface area (Å²) in [6.07, 6.45) is 0. The number of azo groups is 2. The van der Waals surface area contributed by atoms with E-state index in [1.807, 2.05) is 36.4 Å². The molecule has 334 valence electrons. The van der Waals surface area contributed by atoms with Gasteiger partial charge in [0.25, 0.3) is 20.2 Å². The van der Waals surface area contributed by atoms with E-state index in [-0.39, 0.29) is 64.6 Å². The van der Waals surface area contributed by atoms with Gasteiger partial charge in [-0.1, -0.05) is 60.7 Å². The standard InChI is InChI=1S/C46H36N6O10S4/c1-61-41-25-19-31(27-39(41)51-49-35-21-23-37(47-29-11-5-3-6-12-29)45-33(35)15-9-17-43(45)64(53,54)55)63-66(59,60)32-20-26-42(62-2)40(28-32)52-50-36-22-24-38(48-30-13-7-4-8-14-30)46-34(36)16-10-18-44(46)65(56,57)58/h3-28,47-48H,1-2H3,(H,53,54,55)(H,56,57,58). The molecule has 0 radical (unpaired) electrons. The topological polar surface area (TPSA) is 235 Å². The number of rotatable bonds is 15. The van der Waals surface area contributed by atoms with E-state index in [9.17, 15) is 34.4 Å². The lowest BCUT2D eigenvalue weighted by Crippen LogP contribution is -2.01. The fourth-order valence-corrected chi connectivity index (χ4v) is 11.2. The third-order valence-electron chi connectivity index (χ3n) is 9.95. The van der Waals surface area contributed by atoms with Crippen LogP contribution in [0.4, 0.5) is 45.5 Å². The summed E-state index contributed by atoms with van der Waals surface area (Å²) in [5, 5.41) is 24.9. The first-order valence-corrected chi connectivity index (χ1v) is 25.2. The van der Waals surface area contributed by atoms with E-state index in [0.717, 1.165) is 0 Å². The van der Waals surface area contributed by atoms with Crippen molar-refractivity contribution in [3.05, 3.63) is 158 Å². The quantitative estimate of drug-likeness (QED) is 0.0426. The molecule has 0 saturated heterocycles. The van der Waals surface area contributed by atoms with Gasteiger partial charge in [0.1, 0.15) is 32.7 Å². The molecule has 66 heavy (non-hydrogen) atoms. The van der Waals surface area contributed by atoms with E-state index < -0.39 is 29.1 Å². The van der Waals surface area contributed by atoms with Gasteiger partial charge in [-0.15, -0.1) is 20.5 Å². The van der Waals surface area contributed by atoms with Crippen molar-refractivity contribution in [2.45, 2.75) is 19.6 Å². The summed E-state index contributed by atoms with van der Waals surface area (Å²) < 4.78 is 109. The molecule has 0 aromatic heterocycles. The smallest absolute Gasteiger partial charge is 0.295 e. The summed E-state index contributed by atoms with van der Waals surface area (Å²) in [6.45, 7) is 0. The molecule has 20 heteroatoms. The Morgan fingerprint density at radius 2 is 0.909 bits per heavy atom. The van der Waals surface area contributed by atoms with Gasteiger partial charge in [-0.25, -0.2) is 8.42 Å². The number of ether oxygens (including phenoxy) is 2. The van der Waals surface area contributed by atoms with Crippen LogP contribution in [-0.2, 0) is 29.1 Å². The summed E-state index contributed by atoms with van der Waals surface area (Å²) in [5.41, 5.74) is 2.77. The van der Waals surface area contributed by atoms with Gasteiger partial charge in [0.15, 0.2) is 0 Å². The predicted molar refractivity (Wildman–Crippen MR) is 254 cm³/mol. The molecule has 0 amide bonds. The van der Waals surface area contributed by atoms with E-state index in [4.69, 9.17) is 9.47 Å². The van der Waals surface area contributed by atoms with E-state index >= 15 is 0 Å². The average molecular weight is 961 g/mol. The van der Waals surface area contributed by atoms with Crippen LogP contribution in [0.2, 0.25) is 0 Å². The van der Waals surface area contributed by atoms with Crippen LogP contribution in [0.5, 0.6) is 11.5 Å². The largest absolute Gasteiger partial charge is 0.494 e. The zero-order chi connectivity index (χ0) is 46.6. The Bertz CT molecular complexity index is 3560. The fraction of sp³-hybridized carbons (Fsp3) is 0.0435. The van der Waals surface area contributed by atoms with Crippen molar-refractivity contribution >= 4 is 107 Å². The molecule has 0 bridgehead atoms. The molecule has 0 unspecified atom stereocenters. The number of fused-ring (bicyclic) bond motifs is 2. The Morgan fingerprint density at radius 3 is 1.36 bits per heavy atom. The van der Waals surface area contributed by atoms with Gasteiger partial charge in [-0.05, 0) is 97.1 Å². The molecule has 16 nitrogen and oxygen atoms in total. The van der Waals surface area contributed by atoms with Crippen LogP contribution < -0.4 is 20.1 Å². The van der Waals surface area contributed by atoms with Crippen molar-refractivity contribution in [3.63, 3.8) is 0 Å². The molecule has 4 N–H and O–H groups in total. The minimum atomic E-state index is -4.68. The molecule has 0 atom stereocenters. The highest BCUT2D eigenvalue weighted by Crippen LogP contribution is 2.43. The van der Waals surface area contributed by atoms with Crippen LogP contribution in [0.3, 0.4) is 0 Å². The SMILES string of the molecule is COc1ccc(SS(=O)(=O)c2ccc(OC)c(N=Nc3ccc(Nc4ccccc4)c4c(S(=O)(=O)O)cccc34)c2)cc1N=Nc1ccc(Nc2ccccc2)c2c(S(=O)(=O)O)cccc12. The van der Waals surface area contributed by atoms with E-state index in [0.29, 0.717) is 44.3 Å². The monoisotopic (exact) mass is 960 g/mol. The van der Waals surface area contributed by atoms with Gasteiger partial charge in [-0.3, -0.25) is 9.11 Å². The van der Waals surface area contributed by atoms with Crippen LogP contribution >= 0.6 is 10.8 Å². The van der Waals surface area contributed by atoms with E-state index in [1.54, 1.807) is 60.7 Å². The molecule has 8 aromatic rings. The van der Waals surface area contributed by atoms with Crippen molar-refractivity contribution < 1.29 is 43.8 Å². The lowest BCUT2D eigenvalue weighted by molar-refractivity contribution is 0.415. The predicted octanol–water partition coefficient (Wildman–Crippen LogP) is 12.3. The molecule has 8 aromatic carbocycles. The first kappa shape index (κ1) is 45.4. The summed E-state index contributed by atoms with van der Waals surface area (Å²) in [4.78, 5) is -0.592. The Balaban J connectivity index is 1.10. The van der Waals surface area contributed by atoms with Gasteiger partial charge in [0.05, 0.1) is 30.5 Å². The van der Waals surface area contributed by atoms with Crippen LogP contribution in [0.25, 0.3) is 21.5 Å². The van der Waals surface area contributed by atoms with Crippen LogP contribution in [0, 0.1) is 0 Å². The third kappa shape index (κ3) is 9.88. The van der Waals surface area contributed by atoms with Crippen molar-refractivity contribution in [1.29, 1.82) is 0 Å². The zero-order valence-electron chi connectivity index (χ0n) is 34.6. The molecule has 8 rings (SSSR count). The molecular formula is C46H36N6O10S4. The summed E-state index contributed by atoms with van der Waals surface area (Å²) in [7, 11) is -10.2. The molecule has 0 aliphatic rings. The van der Waals surface area contributed by atoms with Gasteiger partial charge in [-0.2, -0.15) is 16.8 Å². The molecule has 0 fully saturated rings. The Labute approximate surface area is 382 Å². The second kappa shape index (κ2) is 18.7. The van der Waals surface area contributed by atoms with Crippen molar-refractivity contribution in [2.75, 3.05) is 24.9 Å². The Kier molecular flexibility index (Phi) is 12.9. The first-order valence-electron chi connectivity index (χ1n) is 19.5. The normalized spacial score (nSPS) is 12.2. The number of nitrogens with zero attached hydrogens (tertiary/aromatic N) is 4. The van der Waals surface area contributed by atoms with Gasteiger partial charge in [0, 0.05) is 60.0 Å². The van der Waals surface area contributed by atoms with Crippen molar-refractivity contribution in [3.8, 4) is 11.5 Å². The molecule has 0 spiro atoms. The Hall–Kier alpha value is -7.20. The minimum Gasteiger partial charge on any atom is -0.494 e. The van der Waals surface area contributed by atoms with Crippen molar-refractivity contribution in [1.82, 2.24) is 0 Å². The molecule has 0 aliphatic carbocycles. The average Bonchev–Trinajstić information content (AvgIpc) is 3.30. The molecule has 0 saturated carbocycles. The molecular weight excluding hydrogens is 925 g/mol. The molecule has 0 heterocycles. The Morgan fingerprint density at radius 1 is 0.470 bits per heavy atom. The summed E-state index contributed by atoms with van der Waals surface area (Å²) in [5.74, 6) is 0.457. The number of hydrogen-bond acceptors (Lipinski definition) is 15. The maximum absolute atomic E-state index is 14.0.